The average Bonchev–Trinajstić information content (AvgIpc) is 3.57. The van der Waals surface area contributed by atoms with Crippen LogP contribution < -0.4 is 9.64 Å². The van der Waals surface area contributed by atoms with Crippen molar-refractivity contribution in [3.63, 3.8) is 0 Å². The summed E-state index contributed by atoms with van der Waals surface area (Å²) in [6, 6.07) is 16.4. The van der Waals surface area contributed by atoms with E-state index in [-0.39, 0.29) is 18.9 Å². The van der Waals surface area contributed by atoms with Crippen LogP contribution in [-0.2, 0) is 21.4 Å². The summed E-state index contributed by atoms with van der Waals surface area (Å²) in [5.41, 5.74) is 0.228. The van der Waals surface area contributed by atoms with E-state index in [1.807, 2.05) is 32.2 Å². The molecule has 7 rings (SSSR count). The fourth-order valence-corrected chi connectivity index (χ4v) is 7.13. The van der Waals surface area contributed by atoms with Crippen LogP contribution in [0.1, 0.15) is 31.0 Å². The Hall–Kier alpha value is -4.33. The summed E-state index contributed by atoms with van der Waals surface area (Å²) >= 11 is 0. The normalized spacial score (nSPS) is 29.0. The third-order valence-electron chi connectivity index (χ3n) is 9.00. The molecule has 0 spiro atoms. The van der Waals surface area contributed by atoms with Crippen LogP contribution >= 0.6 is 0 Å². The molecule has 4 aromatic rings. The predicted molar refractivity (Wildman–Crippen MR) is 144 cm³/mol. The molecule has 3 aliphatic rings. The topological polar surface area (TPSA) is 131 Å². The van der Waals surface area contributed by atoms with Gasteiger partial charge in [-0.3, -0.25) is 14.3 Å². The van der Waals surface area contributed by atoms with Crippen molar-refractivity contribution >= 4 is 39.3 Å². The molecule has 3 saturated heterocycles. The Morgan fingerprint density at radius 2 is 1.85 bits per heavy atom. The van der Waals surface area contributed by atoms with Crippen LogP contribution in [0.4, 0.5) is 5.69 Å². The fourth-order valence-electron chi connectivity index (χ4n) is 7.13. The van der Waals surface area contributed by atoms with Gasteiger partial charge in [0.25, 0.3) is 0 Å². The van der Waals surface area contributed by atoms with Gasteiger partial charge in [-0.25, -0.2) is 4.90 Å². The number of fused-ring (bicyclic) bond motifs is 7. The Balaban J connectivity index is 1.21. The molecule has 0 radical (unpaired) electrons. The number of carbonyl (C=O) groups excluding carboxylic acids is 2. The van der Waals surface area contributed by atoms with Gasteiger partial charge in [-0.15, -0.1) is 0 Å². The van der Waals surface area contributed by atoms with E-state index in [4.69, 9.17) is 9.47 Å². The second-order valence-electron chi connectivity index (χ2n) is 11.2. The maximum absolute atomic E-state index is 14.1. The zero-order chi connectivity index (χ0) is 28.0. The Bertz CT molecular complexity index is 1790. The van der Waals surface area contributed by atoms with E-state index in [9.17, 15) is 20.0 Å². The number of anilines is 1. The Morgan fingerprint density at radius 3 is 2.62 bits per heavy atom. The smallest absolute Gasteiger partial charge is 0.240 e. The lowest BCUT2D eigenvalue weighted by molar-refractivity contribution is -0.134. The molecule has 3 fully saturated rings. The van der Waals surface area contributed by atoms with E-state index in [0.29, 0.717) is 40.0 Å². The minimum Gasteiger partial charge on any atom is -0.477 e. The number of rotatable bonds is 5. The number of hydrogen-bond donors (Lipinski definition) is 1. The number of nitrogens with zero attached hydrogens (tertiary/aromatic N) is 5. The summed E-state index contributed by atoms with van der Waals surface area (Å²) in [5.74, 6) is -1.92. The number of aryl methyl sites for hydroxylation is 2. The standard InChI is InChI=1S/C30H27N5O5/c1-16-18-9-11-23(32-26(18)34(3)33-16)39-13-12-30-14-22(36)29(2,40-30)24-25(30)28(38)35(27(24)37)21-10-8-17(15-31)19-6-4-5-7-20(19)21/h4-11,22,24-25,36H,12-14H2,1-3H3/t22-,24-,25+,29-,30+/m0/s1. The summed E-state index contributed by atoms with van der Waals surface area (Å²) in [7, 11) is 1.82. The monoisotopic (exact) mass is 537 g/mol. The molecule has 10 nitrogen and oxygen atoms in total. The first-order chi connectivity index (χ1) is 19.2. The zero-order valence-electron chi connectivity index (χ0n) is 22.3. The molecule has 0 unspecified atom stereocenters. The van der Waals surface area contributed by atoms with Gasteiger partial charge in [0.1, 0.15) is 5.60 Å². The van der Waals surface area contributed by atoms with E-state index in [1.54, 1.807) is 41.9 Å². The van der Waals surface area contributed by atoms with Crippen LogP contribution in [0, 0.1) is 30.1 Å². The maximum Gasteiger partial charge on any atom is 0.240 e. The Kier molecular flexibility index (Phi) is 5.15. The van der Waals surface area contributed by atoms with Crippen molar-refractivity contribution in [2.75, 3.05) is 11.5 Å². The second-order valence-corrected chi connectivity index (χ2v) is 11.2. The van der Waals surface area contributed by atoms with Gasteiger partial charge in [0.05, 0.1) is 53.2 Å². The van der Waals surface area contributed by atoms with Crippen molar-refractivity contribution in [3.8, 4) is 11.9 Å². The number of aliphatic hydroxyl groups is 1. The molecule has 202 valence electrons. The van der Waals surface area contributed by atoms with Crippen molar-refractivity contribution in [1.82, 2.24) is 14.8 Å². The Labute approximate surface area is 229 Å². The van der Waals surface area contributed by atoms with Gasteiger partial charge in [0.15, 0.2) is 5.65 Å². The van der Waals surface area contributed by atoms with Crippen LogP contribution in [-0.4, -0.2) is 55.6 Å². The molecule has 5 heterocycles. The first-order valence-corrected chi connectivity index (χ1v) is 13.3. The molecule has 10 heteroatoms. The molecule has 3 aliphatic heterocycles. The van der Waals surface area contributed by atoms with Crippen molar-refractivity contribution < 1.29 is 24.2 Å². The molecular formula is C30H27N5O5. The minimum absolute atomic E-state index is 0.183. The summed E-state index contributed by atoms with van der Waals surface area (Å²) in [5, 5.41) is 27.3. The van der Waals surface area contributed by atoms with Gasteiger partial charge >= 0.3 is 0 Å². The molecule has 2 aromatic heterocycles. The summed E-state index contributed by atoms with van der Waals surface area (Å²) < 4.78 is 14.1. The number of imide groups is 1. The quantitative estimate of drug-likeness (QED) is 0.384. The van der Waals surface area contributed by atoms with E-state index in [2.05, 4.69) is 16.2 Å². The lowest BCUT2D eigenvalue weighted by Gasteiger charge is -2.33. The summed E-state index contributed by atoms with van der Waals surface area (Å²) in [4.78, 5) is 33.8. The number of pyridine rings is 1. The van der Waals surface area contributed by atoms with Crippen molar-refractivity contribution in [2.24, 2.45) is 18.9 Å². The molecular weight excluding hydrogens is 510 g/mol. The molecule has 2 aromatic carbocycles. The molecule has 1 N–H and O–H groups in total. The van der Waals surface area contributed by atoms with Crippen LogP contribution in [0.5, 0.6) is 5.88 Å². The lowest BCUT2D eigenvalue weighted by Crippen LogP contribution is -2.49. The number of ether oxygens (including phenoxy) is 2. The molecule has 0 aliphatic carbocycles. The average molecular weight is 538 g/mol. The predicted octanol–water partition coefficient (Wildman–Crippen LogP) is 3.17. The largest absolute Gasteiger partial charge is 0.477 e. The number of aromatic nitrogens is 3. The number of aliphatic hydroxyl groups excluding tert-OH is 1. The Morgan fingerprint density at radius 1 is 1.10 bits per heavy atom. The summed E-state index contributed by atoms with van der Waals surface area (Å²) in [6.07, 6.45) is -0.385. The molecule has 5 atom stereocenters. The minimum atomic E-state index is -1.20. The van der Waals surface area contributed by atoms with Crippen LogP contribution in [0.15, 0.2) is 48.5 Å². The fraction of sp³-hybridized carbons (Fsp3) is 0.367. The van der Waals surface area contributed by atoms with Gasteiger partial charge < -0.3 is 14.6 Å². The third-order valence-corrected chi connectivity index (χ3v) is 9.00. The number of nitriles is 1. The molecule has 40 heavy (non-hydrogen) atoms. The number of amides is 2. The van der Waals surface area contributed by atoms with E-state index < -0.39 is 35.0 Å². The SMILES string of the molecule is Cc1nn(C)c2nc(OCC[C@]34C[C@H](O)[C@](C)(O3)[C@@H]3C(=O)N(c5ccc(C#N)c6ccccc56)C(=O)[C@@H]34)ccc12. The zero-order valence-corrected chi connectivity index (χ0v) is 22.3. The lowest BCUT2D eigenvalue weighted by atomic mass is 9.66. The third kappa shape index (κ3) is 3.16. The first-order valence-electron chi connectivity index (χ1n) is 13.3. The maximum atomic E-state index is 14.1. The first kappa shape index (κ1) is 24.7. The van der Waals surface area contributed by atoms with Gasteiger partial charge in [-0.2, -0.15) is 15.3 Å². The van der Waals surface area contributed by atoms with Crippen molar-refractivity contribution in [1.29, 1.82) is 5.26 Å². The summed E-state index contributed by atoms with van der Waals surface area (Å²) in [6.45, 7) is 3.82. The molecule has 2 bridgehead atoms. The second kappa shape index (κ2) is 8.34. The molecule has 2 amide bonds. The van der Waals surface area contributed by atoms with Gasteiger partial charge in [-0.05, 0) is 32.0 Å². The highest BCUT2D eigenvalue weighted by atomic mass is 16.6. The highest BCUT2D eigenvalue weighted by molar-refractivity contribution is 6.26. The van der Waals surface area contributed by atoms with Gasteiger partial charge in [-0.1, -0.05) is 24.3 Å². The van der Waals surface area contributed by atoms with Crippen molar-refractivity contribution in [2.45, 2.75) is 44.0 Å². The van der Waals surface area contributed by atoms with E-state index in [1.165, 1.54) is 4.90 Å². The number of hydrogen-bond acceptors (Lipinski definition) is 8. The number of benzene rings is 2. The molecule has 0 saturated carbocycles. The van der Waals surface area contributed by atoms with Crippen LogP contribution in [0.3, 0.4) is 0 Å². The van der Waals surface area contributed by atoms with Gasteiger partial charge in [0.2, 0.25) is 17.7 Å². The van der Waals surface area contributed by atoms with E-state index in [0.717, 1.165) is 11.1 Å². The van der Waals surface area contributed by atoms with Crippen molar-refractivity contribution in [3.05, 3.63) is 59.8 Å². The number of carbonyl (C=O) groups is 2. The van der Waals surface area contributed by atoms with Crippen LogP contribution in [0.2, 0.25) is 0 Å². The highest BCUT2D eigenvalue weighted by Gasteiger charge is 2.77. The van der Waals surface area contributed by atoms with Crippen LogP contribution in [0.25, 0.3) is 21.8 Å². The van der Waals surface area contributed by atoms with Gasteiger partial charge in [0, 0.05) is 42.1 Å². The highest BCUT2D eigenvalue weighted by Crippen LogP contribution is 2.62. The van der Waals surface area contributed by atoms with E-state index >= 15 is 0 Å².